The van der Waals surface area contributed by atoms with Crippen LogP contribution in [0.3, 0.4) is 0 Å². The average molecular weight is 286 g/mol. The van der Waals surface area contributed by atoms with Crippen LogP contribution >= 0.6 is 0 Å². The molecule has 1 aromatic rings. The van der Waals surface area contributed by atoms with Crippen molar-refractivity contribution in [3.05, 3.63) is 46.8 Å². The van der Waals surface area contributed by atoms with Gasteiger partial charge in [-0.3, -0.25) is 0 Å². The molecule has 0 saturated heterocycles. The Kier molecular flexibility index (Phi) is 5.26. The van der Waals surface area contributed by atoms with Crippen LogP contribution in [-0.4, -0.2) is 18.5 Å². The summed E-state index contributed by atoms with van der Waals surface area (Å²) >= 11 is 0. The van der Waals surface area contributed by atoms with Crippen molar-refractivity contribution in [2.75, 3.05) is 6.54 Å². The van der Waals surface area contributed by atoms with Crippen molar-refractivity contribution in [3.8, 4) is 0 Å². The fourth-order valence-electron chi connectivity index (χ4n) is 2.45. The molecule has 4 N–H and O–H groups in total. The van der Waals surface area contributed by atoms with Crippen LogP contribution in [0.5, 0.6) is 0 Å². The Bertz CT molecular complexity index is 528. The third-order valence-electron chi connectivity index (χ3n) is 3.76. The smallest absolute Gasteiger partial charge is 0.194 e. The van der Waals surface area contributed by atoms with Crippen molar-refractivity contribution in [2.24, 2.45) is 10.7 Å². The summed E-state index contributed by atoms with van der Waals surface area (Å²) in [4.78, 5) is 4.44. The molecule has 1 atom stereocenters. The van der Waals surface area contributed by atoms with E-state index in [0.717, 1.165) is 25.2 Å². The first-order valence-corrected chi connectivity index (χ1v) is 7.73. The Hall–Kier alpha value is -1.97. The maximum Gasteiger partial charge on any atom is 0.194 e. The molecule has 1 aliphatic heterocycles. The molecule has 1 aliphatic rings. The van der Waals surface area contributed by atoms with Gasteiger partial charge in [0, 0.05) is 6.54 Å². The number of hydrogen-bond acceptors (Lipinski definition) is 4. The maximum absolute atomic E-state index is 5.86. The van der Waals surface area contributed by atoms with Gasteiger partial charge in [0.25, 0.3) is 0 Å². The molecule has 21 heavy (non-hydrogen) atoms. The number of nitrogens with zero attached hydrogens (tertiary/aromatic N) is 1. The van der Waals surface area contributed by atoms with Gasteiger partial charge in [-0.2, -0.15) is 0 Å². The van der Waals surface area contributed by atoms with Gasteiger partial charge >= 0.3 is 0 Å². The third-order valence-corrected chi connectivity index (χ3v) is 3.76. The molecule has 114 valence electrons. The van der Waals surface area contributed by atoms with Gasteiger partial charge in [-0.15, -0.1) is 0 Å². The molecule has 0 saturated carbocycles. The Balaban J connectivity index is 2.16. The van der Waals surface area contributed by atoms with Crippen LogP contribution < -0.4 is 16.4 Å². The number of unbranched alkanes of at least 4 members (excludes halogenated alkanes) is 1. The van der Waals surface area contributed by atoms with E-state index in [1.54, 1.807) is 0 Å². The first-order chi connectivity index (χ1) is 10.1. The van der Waals surface area contributed by atoms with Crippen LogP contribution in [0.15, 0.2) is 40.7 Å². The third kappa shape index (κ3) is 4.25. The molecule has 0 amide bonds. The van der Waals surface area contributed by atoms with Crippen molar-refractivity contribution in [1.82, 2.24) is 10.6 Å². The first-order valence-electron chi connectivity index (χ1n) is 7.73. The molecule has 2 rings (SSSR count). The van der Waals surface area contributed by atoms with E-state index in [0.29, 0.717) is 5.96 Å². The molecule has 0 radical (unpaired) electrons. The minimum absolute atomic E-state index is 0.108. The van der Waals surface area contributed by atoms with E-state index >= 15 is 0 Å². The number of guanidine groups is 1. The van der Waals surface area contributed by atoms with Crippen molar-refractivity contribution in [3.63, 3.8) is 0 Å². The summed E-state index contributed by atoms with van der Waals surface area (Å²) in [6.45, 7) is 7.35. The second kappa shape index (κ2) is 7.16. The van der Waals surface area contributed by atoms with Gasteiger partial charge in [0.05, 0.1) is 6.04 Å². The van der Waals surface area contributed by atoms with Crippen LogP contribution in [0.25, 0.3) is 0 Å². The van der Waals surface area contributed by atoms with Crippen LogP contribution in [0.2, 0.25) is 0 Å². The van der Waals surface area contributed by atoms with E-state index in [-0.39, 0.29) is 6.04 Å². The fraction of sp³-hybridized carbons (Fsp3) is 0.471. The lowest BCUT2D eigenvalue weighted by molar-refractivity contribution is 0.647. The second-order valence-electron chi connectivity index (χ2n) is 5.66. The van der Waals surface area contributed by atoms with E-state index in [1.165, 1.54) is 23.1 Å². The predicted octanol–water partition coefficient (Wildman–Crippen LogP) is 2.45. The van der Waals surface area contributed by atoms with Gasteiger partial charge in [0.15, 0.2) is 5.96 Å². The lowest BCUT2D eigenvalue weighted by Gasteiger charge is -2.26. The summed E-state index contributed by atoms with van der Waals surface area (Å²) in [5.41, 5.74) is 9.71. The zero-order valence-corrected chi connectivity index (χ0v) is 13.2. The molecular formula is C17H26N4. The molecule has 1 heterocycles. The molecule has 4 nitrogen and oxygen atoms in total. The van der Waals surface area contributed by atoms with E-state index in [9.17, 15) is 0 Å². The van der Waals surface area contributed by atoms with Crippen LogP contribution in [0.1, 0.15) is 37.8 Å². The summed E-state index contributed by atoms with van der Waals surface area (Å²) in [7, 11) is 0. The summed E-state index contributed by atoms with van der Waals surface area (Å²) in [6, 6.07) is 8.77. The van der Waals surface area contributed by atoms with E-state index in [1.807, 2.05) is 0 Å². The number of aliphatic imine (C=N–C) groups is 1. The zero-order valence-electron chi connectivity index (χ0n) is 13.2. The monoisotopic (exact) mass is 286 g/mol. The minimum atomic E-state index is 0.108. The van der Waals surface area contributed by atoms with Crippen LogP contribution in [-0.2, 0) is 6.42 Å². The van der Waals surface area contributed by atoms with Gasteiger partial charge in [-0.1, -0.05) is 43.2 Å². The van der Waals surface area contributed by atoms with Crippen molar-refractivity contribution >= 4 is 5.96 Å². The zero-order chi connectivity index (χ0) is 15.2. The van der Waals surface area contributed by atoms with E-state index in [4.69, 9.17) is 5.73 Å². The standard InChI is InChI=1S/C17H26N4/c1-4-5-10-19-16-15(13(3)20-17(18)21-16)11-14-8-6-12(2)7-9-14/h6-9,13,19H,4-5,10-11H2,1-3H3,(H3,18,20,21). The highest BCUT2D eigenvalue weighted by Gasteiger charge is 2.19. The number of nitrogens with two attached hydrogens (primary N) is 1. The van der Waals surface area contributed by atoms with Gasteiger partial charge < -0.3 is 16.4 Å². The summed E-state index contributed by atoms with van der Waals surface area (Å²) in [5, 5.41) is 6.66. The average Bonchev–Trinajstić information content (AvgIpc) is 2.45. The van der Waals surface area contributed by atoms with Gasteiger partial charge in [0.2, 0.25) is 0 Å². The molecule has 0 bridgehead atoms. The highest BCUT2D eigenvalue weighted by Crippen LogP contribution is 2.19. The largest absolute Gasteiger partial charge is 0.372 e. The number of nitrogens with one attached hydrogen (secondary N) is 2. The highest BCUT2D eigenvalue weighted by atomic mass is 15.2. The Morgan fingerprint density at radius 3 is 2.67 bits per heavy atom. The summed E-state index contributed by atoms with van der Waals surface area (Å²) in [5.74, 6) is 1.53. The van der Waals surface area contributed by atoms with E-state index in [2.05, 4.69) is 60.7 Å². The van der Waals surface area contributed by atoms with Crippen molar-refractivity contribution in [2.45, 2.75) is 46.1 Å². The van der Waals surface area contributed by atoms with Gasteiger partial charge in [-0.25, -0.2) is 4.99 Å². The van der Waals surface area contributed by atoms with Crippen LogP contribution in [0.4, 0.5) is 0 Å². The lowest BCUT2D eigenvalue weighted by atomic mass is 9.98. The summed E-state index contributed by atoms with van der Waals surface area (Å²) in [6.07, 6.45) is 3.21. The second-order valence-corrected chi connectivity index (χ2v) is 5.66. The number of rotatable bonds is 6. The molecule has 4 heteroatoms. The summed E-state index contributed by atoms with van der Waals surface area (Å²) < 4.78 is 0. The predicted molar refractivity (Wildman–Crippen MR) is 89.0 cm³/mol. The van der Waals surface area contributed by atoms with E-state index < -0.39 is 0 Å². The normalized spacial score (nSPS) is 18.2. The Morgan fingerprint density at radius 1 is 1.29 bits per heavy atom. The molecule has 0 fully saturated rings. The topological polar surface area (TPSA) is 62.4 Å². The van der Waals surface area contributed by atoms with Crippen LogP contribution in [0, 0.1) is 6.92 Å². The molecule has 1 unspecified atom stereocenters. The SMILES string of the molecule is CCCCNC1=C(Cc2ccc(C)cc2)C(C)N=C(N)N1. The molecule has 1 aromatic carbocycles. The number of benzene rings is 1. The fourth-order valence-corrected chi connectivity index (χ4v) is 2.45. The first kappa shape index (κ1) is 15.4. The highest BCUT2D eigenvalue weighted by molar-refractivity contribution is 5.81. The Morgan fingerprint density at radius 2 is 2.00 bits per heavy atom. The number of hydrogen-bond donors (Lipinski definition) is 3. The van der Waals surface area contributed by atoms with Crippen molar-refractivity contribution in [1.29, 1.82) is 0 Å². The molecule has 0 spiro atoms. The minimum Gasteiger partial charge on any atom is -0.372 e. The van der Waals surface area contributed by atoms with Crippen molar-refractivity contribution < 1.29 is 0 Å². The quantitative estimate of drug-likeness (QED) is 0.704. The van der Waals surface area contributed by atoms with Gasteiger partial charge in [-0.05, 0) is 37.8 Å². The number of aryl methyl sites for hydroxylation is 1. The van der Waals surface area contributed by atoms with Gasteiger partial charge in [0.1, 0.15) is 5.82 Å². The molecular weight excluding hydrogens is 260 g/mol. The molecule has 0 aromatic heterocycles. The lowest BCUT2D eigenvalue weighted by Crippen LogP contribution is -2.43. The Labute approximate surface area is 127 Å². The maximum atomic E-state index is 5.86. The molecule has 0 aliphatic carbocycles.